The zero-order chi connectivity index (χ0) is 15.7. The van der Waals surface area contributed by atoms with Crippen LogP contribution >= 0.6 is 0 Å². The van der Waals surface area contributed by atoms with Gasteiger partial charge in [-0.25, -0.2) is 4.98 Å². The molecule has 0 saturated heterocycles. The summed E-state index contributed by atoms with van der Waals surface area (Å²) >= 11 is 0. The van der Waals surface area contributed by atoms with Crippen molar-refractivity contribution in [1.29, 1.82) is 0 Å². The van der Waals surface area contributed by atoms with Crippen LogP contribution in [0.25, 0.3) is 11.0 Å². The van der Waals surface area contributed by atoms with Crippen molar-refractivity contribution in [3.8, 4) is 0 Å². The predicted molar refractivity (Wildman–Crippen MR) is 81.1 cm³/mol. The number of hydrogen-bond acceptors (Lipinski definition) is 4. The molecule has 0 fully saturated rings. The van der Waals surface area contributed by atoms with E-state index in [1.807, 2.05) is 6.92 Å². The van der Waals surface area contributed by atoms with Gasteiger partial charge in [0.05, 0.1) is 17.2 Å². The highest BCUT2D eigenvalue weighted by atomic mass is 16.3. The third-order valence-electron chi connectivity index (χ3n) is 3.62. The molecule has 0 atom stereocenters. The number of amides is 1. The first kappa shape index (κ1) is 14.3. The number of hydrogen-bond donors (Lipinski definition) is 3. The normalized spacial score (nSPS) is 11.0. The molecule has 114 valence electrons. The maximum atomic E-state index is 12.5. The fourth-order valence-electron chi connectivity index (χ4n) is 2.35. The van der Waals surface area contributed by atoms with E-state index in [1.165, 1.54) is 0 Å². The van der Waals surface area contributed by atoms with Crippen molar-refractivity contribution in [3.05, 3.63) is 47.0 Å². The summed E-state index contributed by atoms with van der Waals surface area (Å²) in [5.74, 6) is 0.407. The van der Waals surface area contributed by atoms with Crippen molar-refractivity contribution >= 4 is 16.9 Å². The average molecular weight is 299 g/mol. The average Bonchev–Trinajstić information content (AvgIpc) is 3.11. The van der Waals surface area contributed by atoms with Crippen LogP contribution in [0, 0.1) is 6.92 Å². The number of aryl methyl sites for hydroxylation is 1. The third kappa shape index (κ3) is 2.58. The Hall–Kier alpha value is -2.67. The minimum absolute atomic E-state index is 0.0809. The lowest BCUT2D eigenvalue weighted by Gasteiger charge is -2.16. The Morgan fingerprint density at radius 3 is 2.91 bits per heavy atom. The summed E-state index contributed by atoms with van der Waals surface area (Å²) in [6, 6.07) is 5.27. The number of fused-ring (bicyclic) bond motifs is 1. The number of imidazole rings is 1. The monoisotopic (exact) mass is 299 g/mol. The number of aliphatic hydroxyl groups is 1. The lowest BCUT2D eigenvalue weighted by Crippen LogP contribution is -2.26. The van der Waals surface area contributed by atoms with Crippen molar-refractivity contribution in [3.63, 3.8) is 0 Å². The van der Waals surface area contributed by atoms with Gasteiger partial charge in [0.25, 0.3) is 5.91 Å². The van der Waals surface area contributed by atoms with E-state index < -0.39 is 0 Å². The molecule has 0 radical (unpaired) electrons. The molecule has 0 unspecified atom stereocenters. The molecule has 1 amide bonds. The van der Waals surface area contributed by atoms with Crippen molar-refractivity contribution in [2.45, 2.75) is 20.1 Å². The van der Waals surface area contributed by atoms with E-state index in [4.69, 9.17) is 5.11 Å². The van der Waals surface area contributed by atoms with Gasteiger partial charge < -0.3 is 15.0 Å². The van der Waals surface area contributed by atoms with Crippen molar-refractivity contribution in [2.24, 2.45) is 0 Å². The molecule has 22 heavy (non-hydrogen) atoms. The molecule has 2 heterocycles. The smallest absolute Gasteiger partial charge is 0.253 e. The number of nitrogens with one attached hydrogen (secondary N) is 2. The minimum Gasteiger partial charge on any atom is -0.388 e. The molecule has 2 aromatic heterocycles. The summed E-state index contributed by atoms with van der Waals surface area (Å²) in [5.41, 5.74) is 3.98. The molecule has 7 nitrogen and oxygen atoms in total. The van der Waals surface area contributed by atoms with E-state index in [0.717, 1.165) is 22.3 Å². The van der Waals surface area contributed by atoms with Gasteiger partial charge in [-0.15, -0.1) is 0 Å². The number of H-pyrrole nitrogens is 2. The number of nitrogens with zero attached hydrogens (tertiary/aromatic N) is 3. The Kier molecular flexibility index (Phi) is 3.64. The molecule has 3 rings (SSSR count). The summed E-state index contributed by atoms with van der Waals surface area (Å²) in [4.78, 5) is 21.3. The lowest BCUT2D eigenvalue weighted by atomic mass is 10.1. The van der Waals surface area contributed by atoms with Crippen LogP contribution in [0.3, 0.4) is 0 Å². The largest absolute Gasteiger partial charge is 0.388 e. The first-order valence-corrected chi connectivity index (χ1v) is 6.92. The molecule has 0 spiro atoms. The quantitative estimate of drug-likeness (QED) is 0.677. The Morgan fingerprint density at radius 1 is 1.41 bits per heavy atom. The van der Waals surface area contributed by atoms with Crippen LogP contribution in [0.5, 0.6) is 0 Å². The molecule has 1 aromatic carbocycles. The molecular formula is C15H17N5O2. The fourth-order valence-corrected chi connectivity index (χ4v) is 2.35. The van der Waals surface area contributed by atoms with E-state index in [1.54, 1.807) is 36.3 Å². The number of rotatable bonds is 4. The van der Waals surface area contributed by atoms with Gasteiger partial charge in [0.2, 0.25) is 0 Å². The van der Waals surface area contributed by atoms with Gasteiger partial charge in [0, 0.05) is 30.4 Å². The van der Waals surface area contributed by atoms with Crippen LogP contribution < -0.4 is 0 Å². The zero-order valence-electron chi connectivity index (χ0n) is 12.4. The first-order valence-electron chi connectivity index (χ1n) is 6.92. The van der Waals surface area contributed by atoms with E-state index in [9.17, 15) is 4.79 Å². The van der Waals surface area contributed by atoms with Crippen LogP contribution in [0.2, 0.25) is 0 Å². The first-order chi connectivity index (χ1) is 10.6. The molecule has 0 saturated carbocycles. The number of aromatic nitrogens is 4. The fraction of sp³-hybridized carbons (Fsp3) is 0.267. The summed E-state index contributed by atoms with van der Waals surface area (Å²) in [5, 5.41) is 15.9. The second-order valence-corrected chi connectivity index (χ2v) is 5.25. The van der Waals surface area contributed by atoms with Crippen LogP contribution in [-0.2, 0) is 13.2 Å². The van der Waals surface area contributed by atoms with Gasteiger partial charge in [0.1, 0.15) is 12.4 Å². The molecule has 0 aliphatic rings. The summed E-state index contributed by atoms with van der Waals surface area (Å²) in [6.45, 7) is 2.26. The molecule has 0 bridgehead atoms. The summed E-state index contributed by atoms with van der Waals surface area (Å²) in [6.07, 6.45) is 1.73. The second kappa shape index (κ2) is 5.61. The molecule has 0 aliphatic heterocycles. The number of carbonyl (C=O) groups is 1. The maximum absolute atomic E-state index is 12.5. The lowest BCUT2D eigenvalue weighted by molar-refractivity contribution is 0.0785. The Labute approximate surface area is 127 Å². The molecule has 3 N–H and O–H groups in total. The van der Waals surface area contributed by atoms with Crippen molar-refractivity contribution in [2.75, 3.05) is 7.05 Å². The van der Waals surface area contributed by atoms with Crippen LogP contribution in [0.15, 0.2) is 24.4 Å². The number of aromatic amines is 2. The van der Waals surface area contributed by atoms with Gasteiger partial charge in [-0.2, -0.15) is 5.10 Å². The number of aliphatic hydroxyl groups excluding tert-OH is 1. The Bertz CT molecular complexity index is 820. The minimum atomic E-state index is -0.155. The third-order valence-corrected chi connectivity index (χ3v) is 3.62. The van der Waals surface area contributed by atoms with Gasteiger partial charge in [0.15, 0.2) is 0 Å². The predicted octanol–water partition coefficient (Wildman–Crippen LogP) is 1.36. The standard InChI is InChI=1S/C15H17N5O2/c1-9-11(6-16-19-9)7-20(2)15(22)10-3-4-12-13(5-10)18-14(8-21)17-12/h3-6,21H,7-8H2,1-2H3,(H,16,19)(H,17,18). The van der Waals surface area contributed by atoms with E-state index in [0.29, 0.717) is 17.9 Å². The van der Waals surface area contributed by atoms with Gasteiger partial charge in [-0.05, 0) is 25.1 Å². The molecule has 3 aromatic rings. The molecular weight excluding hydrogens is 282 g/mol. The molecule has 0 aliphatic carbocycles. The SMILES string of the molecule is Cc1[nH]ncc1CN(C)C(=O)c1ccc2nc(CO)[nH]c2c1. The van der Waals surface area contributed by atoms with Crippen LogP contribution in [-0.4, -0.2) is 43.1 Å². The van der Waals surface area contributed by atoms with E-state index in [-0.39, 0.29) is 12.5 Å². The Balaban J connectivity index is 1.83. The highest BCUT2D eigenvalue weighted by Gasteiger charge is 2.15. The van der Waals surface area contributed by atoms with Crippen molar-refractivity contribution < 1.29 is 9.90 Å². The maximum Gasteiger partial charge on any atom is 0.253 e. The van der Waals surface area contributed by atoms with Gasteiger partial charge >= 0.3 is 0 Å². The summed E-state index contributed by atoms with van der Waals surface area (Å²) in [7, 11) is 1.76. The van der Waals surface area contributed by atoms with Crippen LogP contribution in [0.1, 0.15) is 27.4 Å². The number of carbonyl (C=O) groups excluding carboxylic acids is 1. The van der Waals surface area contributed by atoms with E-state index >= 15 is 0 Å². The second-order valence-electron chi connectivity index (χ2n) is 5.25. The van der Waals surface area contributed by atoms with Gasteiger partial charge in [-0.1, -0.05) is 0 Å². The van der Waals surface area contributed by atoms with Crippen molar-refractivity contribution in [1.82, 2.24) is 25.1 Å². The summed E-state index contributed by atoms with van der Waals surface area (Å²) < 4.78 is 0. The van der Waals surface area contributed by atoms with E-state index in [2.05, 4.69) is 20.2 Å². The topological polar surface area (TPSA) is 97.9 Å². The van der Waals surface area contributed by atoms with Gasteiger partial charge in [-0.3, -0.25) is 9.89 Å². The zero-order valence-corrected chi connectivity index (χ0v) is 12.4. The highest BCUT2D eigenvalue weighted by molar-refractivity contribution is 5.97. The Morgan fingerprint density at radius 2 is 2.23 bits per heavy atom. The van der Waals surface area contributed by atoms with Crippen LogP contribution in [0.4, 0.5) is 0 Å². The molecule has 7 heteroatoms. The highest BCUT2D eigenvalue weighted by Crippen LogP contribution is 2.16. The number of benzene rings is 1.